The number of hydrazine groups is 1. The van der Waals surface area contributed by atoms with Gasteiger partial charge < -0.3 is 10.2 Å². The summed E-state index contributed by atoms with van der Waals surface area (Å²) in [5.74, 6) is 3.84. The number of hydrogen-bond acceptors (Lipinski definition) is 4. The predicted octanol–water partition coefficient (Wildman–Crippen LogP) is 4.05. The number of ether oxygens (including phenoxy) is 1. The second kappa shape index (κ2) is 6.81. The van der Waals surface area contributed by atoms with E-state index in [0.29, 0.717) is 12.0 Å². The van der Waals surface area contributed by atoms with E-state index in [2.05, 4.69) is 36.0 Å². The standard InChI is InChI=1S/C19H25N3OS/c1-12-7-18(20-16-5-3-14-10-24-11-15(14)8-16)21-22-19(12)13-4-6-17(9-13)23-2/h3,5,8,13,17,22H,4,6-7,9-11H2,1-2H3,(H,20,21). The zero-order valence-corrected chi connectivity index (χ0v) is 15.2. The summed E-state index contributed by atoms with van der Waals surface area (Å²) < 4.78 is 5.51. The Labute approximate surface area is 148 Å². The lowest BCUT2D eigenvalue weighted by Gasteiger charge is -2.27. The minimum Gasteiger partial charge on any atom is -0.381 e. The Morgan fingerprint density at radius 2 is 2.04 bits per heavy atom. The lowest BCUT2D eigenvalue weighted by atomic mass is 9.97. The van der Waals surface area contributed by atoms with Crippen molar-refractivity contribution in [2.45, 2.75) is 50.2 Å². The first-order valence-corrected chi connectivity index (χ1v) is 9.90. The highest BCUT2D eigenvalue weighted by Gasteiger charge is 2.30. The molecule has 5 heteroatoms. The van der Waals surface area contributed by atoms with Crippen LogP contribution in [0.3, 0.4) is 0 Å². The van der Waals surface area contributed by atoms with Crippen molar-refractivity contribution in [3.8, 4) is 0 Å². The van der Waals surface area contributed by atoms with Crippen LogP contribution in [0, 0.1) is 5.92 Å². The van der Waals surface area contributed by atoms with Gasteiger partial charge >= 0.3 is 0 Å². The van der Waals surface area contributed by atoms with Gasteiger partial charge in [0.1, 0.15) is 5.84 Å². The summed E-state index contributed by atoms with van der Waals surface area (Å²) in [4.78, 5) is 4.81. The lowest BCUT2D eigenvalue weighted by Crippen LogP contribution is -2.43. The van der Waals surface area contributed by atoms with Gasteiger partial charge in [0.25, 0.3) is 0 Å². The van der Waals surface area contributed by atoms with Gasteiger partial charge in [-0.1, -0.05) is 6.07 Å². The first-order valence-electron chi connectivity index (χ1n) is 8.74. The van der Waals surface area contributed by atoms with Crippen molar-refractivity contribution in [1.29, 1.82) is 0 Å². The summed E-state index contributed by atoms with van der Waals surface area (Å²) in [6.07, 6.45) is 4.79. The molecule has 2 aliphatic heterocycles. The van der Waals surface area contributed by atoms with Crippen LogP contribution in [-0.4, -0.2) is 19.0 Å². The summed E-state index contributed by atoms with van der Waals surface area (Å²) >= 11 is 1.98. The fraction of sp³-hybridized carbons (Fsp3) is 0.526. The normalized spacial score (nSPS) is 28.0. The molecule has 4 rings (SSSR count). The Bertz CT molecular complexity index is 698. The van der Waals surface area contributed by atoms with Crippen molar-refractivity contribution in [3.05, 3.63) is 40.6 Å². The zero-order chi connectivity index (χ0) is 16.5. The largest absolute Gasteiger partial charge is 0.381 e. The quantitative estimate of drug-likeness (QED) is 0.869. The fourth-order valence-electron chi connectivity index (χ4n) is 3.95. The average molecular weight is 343 g/mol. The van der Waals surface area contributed by atoms with E-state index in [4.69, 9.17) is 9.73 Å². The Hall–Kier alpha value is -1.46. The first-order chi connectivity index (χ1) is 11.7. The minimum atomic E-state index is 0.413. The lowest BCUT2D eigenvalue weighted by molar-refractivity contribution is 0.106. The van der Waals surface area contributed by atoms with Gasteiger partial charge in [-0.3, -0.25) is 5.43 Å². The average Bonchev–Trinajstić information content (AvgIpc) is 3.23. The van der Waals surface area contributed by atoms with E-state index >= 15 is 0 Å². The van der Waals surface area contributed by atoms with Gasteiger partial charge in [0.15, 0.2) is 0 Å². The number of nitrogens with zero attached hydrogens (tertiary/aromatic N) is 1. The van der Waals surface area contributed by atoms with Crippen molar-refractivity contribution in [2.75, 3.05) is 7.11 Å². The summed E-state index contributed by atoms with van der Waals surface area (Å²) in [7, 11) is 1.82. The summed E-state index contributed by atoms with van der Waals surface area (Å²) in [6, 6.07) is 6.59. The van der Waals surface area contributed by atoms with E-state index in [1.165, 1.54) is 28.8 Å². The molecule has 3 aliphatic rings. The number of hydrogen-bond donors (Lipinski definition) is 2. The summed E-state index contributed by atoms with van der Waals surface area (Å²) in [5, 5.41) is 0. The number of thioether (sulfide) groups is 1. The van der Waals surface area contributed by atoms with Crippen molar-refractivity contribution in [1.82, 2.24) is 10.9 Å². The maximum atomic E-state index is 5.51. The van der Waals surface area contributed by atoms with Gasteiger partial charge in [-0.2, -0.15) is 11.8 Å². The topological polar surface area (TPSA) is 45.6 Å². The number of benzene rings is 1. The fourth-order valence-corrected chi connectivity index (χ4v) is 5.05. The van der Waals surface area contributed by atoms with Crippen LogP contribution in [0.15, 0.2) is 34.5 Å². The number of methoxy groups -OCH3 is 1. The Kier molecular flexibility index (Phi) is 4.55. The Morgan fingerprint density at radius 1 is 1.17 bits per heavy atom. The molecule has 1 aromatic rings. The number of allylic oxidation sites excluding steroid dienone is 1. The monoisotopic (exact) mass is 343 g/mol. The molecule has 1 aromatic carbocycles. The first kappa shape index (κ1) is 16.0. The summed E-state index contributed by atoms with van der Waals surface area (Å²) in [6.45, 7) is 2.22. The van der Waals surface area contributed by atoms with E-state index in [1.54, 1.807) is 0 Å². The van der Waals surface area contributed by atoms with E-state index in [0.717, 1.165) is 42.3 Å². The molecule has 2 atom stereocenters. The van der Waals surface area contributed by atoms with Gasteiger partial charge in [0, 0.05) is 36.7 Å². The van der Waals surface area contributed by atoms with Crippen LogP contribution in [0.2, 0.25) is 0 Å². The predicted molar refractivity (Wildman–Crippen MR) is 100 cm³/mol. The van der Waals surface area contributed by atoms with Crippen molar-refractivity contribution in [3.63, 3.8) is 0 Å². The van der Waals surface area contributed by atoms with Gasteiger partial charge in [-0.15, -0.1) is 0 Å². The highest BCUT2D eigenvalue weighted by Crippen LogP contribution is 2.35. The number of rotatable bonds is 3. The Morgan fingerprint density at radius 3 is 2.83 bits per heavy atom. The molecule has 0 aromatic heterocycles. The molecular formula is C19H25N3OS. The highest BCUT2D eigenvalue weighted by atomic mass is 32.2. The molecule has 1 saturated carbocycles. The van der Waals surface area contributed by atoms with Crippen LogP contribution in [0.5, 0.6) is 0 Å². The molecule has 0 spiro atoms. The molecule has 0 bridgehead atoms. The van der Waals surface area contributed by atoms with Crippen molar-refractivity contribution < 1.29 is 4.74 Å². The van der Waals surface area contributed by atoms with Crippen molar-refractivity contribution in [2.24, 2.45) is 10.9 Å². The van der Waals surface area contributed by atoms with E-state index in [9.17, 15) is 0 Å². The number of aliphatic imine (C=N–C) groups is 1. The van der Waals surface area contributed by atoms with Crippen LogP contribution in [0.25, 0.3) is 0 Å². The highest BCUT2D eigenvalue weighted by molar-refractivity contribution is 7.98. The third-order valence-electron chi connectivity index (χ3n) is 5.33. The SMILES string of the molecule is COC1CCC(C2=C(C)CC(=Nc3ccc4c(c3)CSC4)NN2)C1. The molecule has 1 aliphatic carbocycles. The molecule has 0 saturated heterocycles. The van der Waals surface area contributed by atoms with Crippen LogP contribution < -0.4 is 10.9 Å². The molecule has 2 unspecified atom stereocenters. The van der Waals surface area contributed by atoms with Crippen LogP contribution in [0.4, 0.5) is 5.69 Å². The smallest absolute Gasteiger partial charge is 0.125 e. The maximum absolute atomic E-state index is 5.51. The molecule has 2 N–H and O–H groups in total. The molecular weight excluding hydrogens is 318 g/mol. The summed E-state index contributed by atoms with van der Waals surface area (Å²) in [5.41, 5.74) is 13.4. The number of fused-ring (bicyclic) bond motifs is 1. The molecule has 24 heavy (non-hydrogen) atoms. The molecule has 128 valence electrons. The van der Waals surface area contributed by atoms with Crippen LogP contribution >= 0.6 is 11.8 Å². The number of nitrogens with one attached hydrogen (secondary N) is 2. The van der Waals surface area contributed by atoms with Gasteiger partial charge in [0.2, 0.25) is 0 Å². The van der Waals surface area contributed by atoms with Crippen molar-refractivity contribution >= 4 is 23.3 Å². The molecule has 0 amide bonds. The van der Waals surface area contributed by atoms with E-state index in [-0.39, 0.29) is 0 Å². The third kappa shape index (κ3) is 3.20. The second-order valence-electron chi connectivity index (χ2n) is 6.99. The van der Waals surface area contributed by atoms with Gasteiger partial charge in [-0.25, -0.2) is 4.99 Å². The van der Waals surface area contributed by atoms with E-state index in [1.807, 2.05) is 18.9 Å². The molecule has 0 radical (unpaired) electrons. The Balaban J connectivity index is 1.48. The third-order valence-corrected chi connectivity index (χ3v) is 6.36. The van der Waals surface area contributed by atoms with Crippen LogP contribution in [0.1, 0.15) is 43.7 Å². The minimum absolute atomic E-state index is 0.413. The molecule has 1 fully saturated rings. The molecule has 4 nitrogen and oxygen atoms in total. The van der Waals surface area contributed by atoms with E-state index < -0.39 is 0 Å². The second-order valence-corrected chi connectivity index (χ2v) is 7.98. The molecule has 2 heterocycles. The van der Waals surface area contributed by atoms with Gasteiger partial charge in [0.05, 0.1) is 11.8 Å². The number of amidine groups is 1. The van der Waals surface area contributed by atoms with Crippen LogP contribution in [-0.2, 0) is 16.2 Å². The maximum Gasteiger partial charge on any atom is 0.125 e. The zero-order valence-electron chi connectivity index (χ0n) is 14.4. The van der Waals surface area contributed by atoms with Gasteiger partial charge in [-0.05, 0) is 55.0 Å².